The van der Waals surface area contributed by atoms with Crippen molar-refractivity contribution in [2.24, 2.45) is 0 Å². The molecule has 0 aromatic rings. The van der Waals surface area contributed by atoms with Crippen LogP contribution in [0.1, 0.15) is 14.4 Å². The van der Waals surface area contributed by atoms with Gasteiger partial charge in [0, 0.05) is 6.10 Å². The smallest absolute Gasteiger partial charge is 0.432 e. The maximum atomic E-state index is 5.46. The van der Waals surface area contributed by atoms with Gasteiger partial charge in [0.2, 0.25) is 15.2 Å². The van der Waals surface area contributed by atoms with E-state index in [0.717, 1.165) is 0 Å². The first kappa shape index (κ1) is 12.7. The maximum absolute atomic E-state index is 5.46. The Kier molecular flexibility index (Phi) is 12.7. The highest BCUT2D eigenvalue weighted by atomic mass is 27.1. The molecule has 3 heteroatoms. The Hall–Kier alpha value is 1.02. The number of hydrogen-bond donors (Lipinski definition) is 0. The van der Waals surface area contributed by atoms with E-state index in [1.54, 1.807) is 0 Å². The van der Waals surface area contributed by atoms with E-state index in [0.29, 0.717) is 6.10 Å². The summed E-state index contributed by atoms with van der Waals surface area (Å²) in [6.45, 7) is 2.19. The lowest BCUT2D eigenvalue weighted by Crippen LogP contribution is -2.10. The van der Waals surface area contributed by atoms with Crippen LogP contribution < -0.4 is 0 Å². The molecule has 0 amide bonds. The van der Waals surface area contributed by atoms with Crippen LogP contribution in [-0.2, 0) is 3.79 Å². The Morgan fingerprint density at radius 2 is 2.00 bits per heavy atom. The summed E-state index contributed by atoms with van der Waals surface area (Å²) in [5.74, 6) is 4.52. The summed E-state index contributed by atoms with van der Waals surface area (Å²) in [7, 11) is 0. The lowest BCUT2D eigenvalue weighted by Gasteiger charge is -2.08. The predicted molar refractivity (Wildman–Crippen MR) is 48.1 cm³/mol. The zero-order valence-electron chi connectivity index (χ0n) is 6.11. The third-order valence-electron chi connectivity index (χ3n) is 1.15. The first-order chi connectivity index (χ1) is 3.81. The summed E-state index contributed by atoms with van der Waals surface area (Å²) in [5, 5.41) is 1.36. The summed E-state index contributed by atoms with van der Waals surface area (Å²) in [6.07, 6.45) is 0.586. The van der Waals surface area contributed by atoms with Crippen molar-refractivity contribution in [3.8, 4) is 0 Å². The molecule has 54 valence electrons. The molecule has 0 saturated carbocycles. The molecule has 0 aromatic carbocycles. The van der Waals surface area contributed by atoms with Crippen molar-refractivity contribution in [3.63, 3.8) is 0 Å². The van der Waals surface area contributed by atoms with Gasteiger partial charge in [0.1, 0.15) is 0 Å². The minimum Gasteiger partial charge on any atom is -0.502 e. The van der Waals surface area contributed by atoms with E-state index in [1.807, 2.05) is 0 Å². The molecule has 1 nitrogen and oxygen atoms in total. The van der Waals surface area contributed by atoms with Crippen LogP contribution in [-0.4, -0.2) is 36.9 Å². The molecule has 0 bridgehead atoms. The van der Waals surface area contributed by atoms with Crippen LogP contribution in [0.2, 0.25) is 16.9 Å². The van der Waals surface area contributed by atoms with Crippen molar-refractivity contribution in [1.82, 2.24) is 0 Å². The minimum absolute atomic E-state index is 0. The van der Waals surface area contributed by atoms with Gasteiger partial charge in [-0.25, -0.2) is 0 Å². The van der Waals surface area contributed by atoms with E-state index < -0.39 is 0 Å². The van der Waals surface area contributed by atoms with Gasteiger partial charge in [0.25, 0.3) is 0 Å². The summed E-state index contributed by atoms with van der Waals surface area (Å²) in [6, 6.07) is 0. The van der Waals surface area contributed by atoms with Gasteiger partial charge < -0.3 is 3.79 Å². The molecule has 0 aliphatic rings. The van der Waals surface area contributed by atoms with Crippen molar-refractivity contribution < 1.29 is 3.79 Å². The zero-order valence-corrected chi connectivity index (χ0v) is 8.94. The number of hydrogen-bond acceptors (Lipinski definition) is 1. The van der Waals surface area contributed by atoms with Crippen LogP contribution in [0.5, 0.6) is 0 Å². The Labute approximate surface area is 71.9 Å². The zero-order chi connectivity index (χ0) is 6.41. The average molecular weight is 160 g/mol. The Bertz CT molecular complexity index is 44.3. The highest BCUT2D eigenvalue weighted by Crippen LogP contribution is 1.94. The van der Waals surface area contributed by atoms with Crippen LogP contribution in [0.3, 0.4) is 0 Å². The van der Waals surface area contributed by atoms with Crippen molar-refractivity contribution in [3.05, 3.63) is 0 Å². The fourth-order valence-electron chi connectivity index (χ4n) is 0.774. The fourth-order valence-corrected chi connectivity index (χ4v) is 2.82. The quantitative estimate of drug-likeness (QED) is 0.564. The molecule has 0 fully saturated rings. The van der Waals surface area contributed by atoms with Crippen molar-refractivity contribution in [2.75, 3.05) is 0 Å². The summed E-state index contributed by atoms with van der Waals surface area (Å²) in [5.41, 5.74) is 0. The van der Waals surface area contributed by atoms with Crippen LogP contribution in [0, 0.1) is 0 Å². The SMILES string of the molecule is C.[CH3][AlH][CH2]C(C)[O][AlH][CH3]. The van der Waals surface area contributed by atoms with Gasteiger partial charge in [-0.1, -0.05) is 18.5 Å². The first-order valence-electron chi connectivity index (χ1n) is 3.42. The van der Waals surface area contributed by atoms with E-state index in [-0.39, 0.29) is 38.2 Å². The van der Waals surface area contributed by atoms with Crippen LogP contribution in [0.4, 0.5) is 0 Å². The highest BCUT2D eigenvalue weighted by molar-refractivity contribution is 6.33. The first-order valence-corrected chi connectivity index (χ1v) is 7.83. The standard InChI is InChI=1S/C3H6O.CH4.2CH3.2Al.2H/c1-3(2)4;;;;;;;/h3H,1H2,2H3;1H4;2*1H3;;;;/q-1;;;;;+1;;. The van der Waals surface area contributed by atoms with Crippen LogP contribution >= 0.6 is 0 Å². The van der Waals surface area contributed by atoms with Gasteiger partial charge in [0.05, 0.1) is 0 Å². The van der Waals surface area contributed by atoms with Gasteiger partial charge in [-0.05, 0) is 6.92 Å². The molecule has 0 aliphatic carbocycles. The Morgan fingerprint density at radius 1 is 1.44 bits per heavy atom. The van der Waals surface area contributed by atoms with Gasteiger partial charge in [-0.15, -0.1) is 5.79 Å². The van der Waals surface area contributed by atoms with E-state index in [9.17, 15) is 0 Å². The molecule has 9 heavy (non-hydrogen) atoms. The molecule has 1 unspecified atom stereocenters. The predicted octanol–water partition coefficient (Wildman–Crippen LogP) is 1.33. The molecule has 0 rings (SSSR count). The molecular formula is C6H18Al2O. The van der Waals surface area contributed by atoms with Crippen LogP contribution in [0.25, 0.3) is 0 Å². The highest BCUT2D eigenvalue weighted by Gasteiger charge is 1.97. The molecule has 0 saturated heterocycles. The monoisotopic (exact) mass is 160 g/mol. The van der Waals surface area contributed by atoms with Gasteiger partial charge in [-0.3, -0.25) is 0 Å². The van der Waals surface area contributed by atoms with Crippen LogP contribution in [0.15, 0.2) is 0 Å². The molecule has 0 heterocycles. The van der Waals surface area contributed by atoms with E-state index in [4.69, 9.17) is 3.79 Å². The Balaban J connectivity index is 0. The van der Waals surface area contributed by atoms with E-state index >= 15 is 0 Å². The van der Waals surface area contributed by atoms with Gasteiger partial charge >= 0.3 is 15.6 Å². The lowest BCUT2D eigenvalue weighted by molar-refractivity contribution is 0.258. The van der Waals surface area contributed by atoms with Crippen molar-refractivity contribution in [2.45, 2.75) is 37.3 Å². The molecule has 0 aliphatic heterocycles. The fraction of sp³-hybridized carbons (Fsp3) is 1.00. The van der Waals surface area contributed by atoms with E-state index in [2.05, 4.69) is 18.5 Å². The van der Waals surface area contributed by atoms with Gasteiger partial charge in [0.15, 0.2) is 0 Å². The van der Waals surface area contributed by atoms with Crippen molar-refractivity contribution >= 4 is 30.8 Å². The molecule has 1 atom stereocenters. The normalized spacial score (nSPS) is 11.4. The second-order valence-corrected chi connectivity index (χ2v) is 4.54. The minimum atomic E-state index is -0.132. The third kappa shape index (κ3) is 9.02. The molecular weight excluding hydrogens is 142 g/mol. The lowest BCUT2D eigenvalue weighted by atomic mass is 10.5. The summed E-state index contributed by atoms with van der Waals surface area (Å²) in [4.78, 5) is 0. The second kappa shape index (κ2) is 9.02. The second-order valence-electron chi connectivity index (χ2n) is 2.05. The van der Waals surface area contributed by atoms with E-state index in [1.165, 1.54) is 5.28 Å². The molecule has 0 spiro atoms. The van der Waals surface area contributed by atoms with Crippen molar-refractivity contribution in [1.29, 1.82) is 0 Å². The molecule has 0 N–H and O–H groups in total. The summed E-state index contributed by atoms with van der Waals surface area (Å²) >= 11 is 0.112. The maximum Gasteiger partial charge on any atom is 0.432 e. The average Bonchev–Trinajstić information content (AvgIpc) is 1.68. The topological polar surface area (TPSA) is 9.23 Å². The third-order valence-corrected chi connectivity index (χ3v) is 3.44. The largest absolute Gasteiger partial charge is 0.502 e. The summed E-state index contributed by atoms with van der Waals surface area (Å²) < 4.78 is 5.46. The number of rotatable bonds is 4. The Morgan fingerprint density at radius 3 is 2.33 bits per heavy atom. The molecule has 0 aromatic heterocycles. The van der Waals surface area contributed by atoms with Gasteiger partial charge in [-0.2, -0.15) is 0 Å². The molecule has 0 radical (unpaired) electrons.